The predicted octanol–water partition coefficient (Wildman–Crippen LogP) is 1.35. The van der Waals surface area contributed by atoms with Gasteiger partial charge < -0.3 is 19.9 Å². The van der Waals surface area contributed by atoms with Gasteiger partial charge >= 0.3 is 6.03 Å². The van der Waals surface area contributed by atoms with Crippen molar-refractivity contribution in [3.05, 3.63) is 34.2 Å². The fraction of sp³-hybridized carbons (Fsp3) is 0.647. The Morgan fingerprint density at radius 2 is 2.22 bits per heavy atom. The maximum Gasteiger partial charge on any atom is 0.317 e. The van der Waals surface area contributed by atoms with Crippen molar-refractivity contribution in [3.63, 3.8) is 0 Å². The predicted molar refractivity (Wildman–Crippen MR) is 89.4 cm³/mol. The van der Waals surface area contributed by atoms with Crippen molar-refractivity contribution in [3.8, 4) is 0 Å². The minimum atomic E-state index is -0.361. The second-order valence-corrected chi connectivity index (χ2v) is 6.33. The summed E-state index contributed by atoms with van der Waals surface area (Å²) in [5.41, 5.74) is 0.984. The van der Waals surface area contributed by atoms with E-state index in [0.717, 1.165) is 25.0 Å². The third-order valence-corrected chi connectivity index (χ3v) is 4.55. The van der Waals surface area contributed by atoms with E-state index in [2.05, 4.69) is 5.32 Å². The van der Waals surface area contributed by atoms with E-state index in [1.54, 1.807) is 28.5 Å². The fourth-order valence-corrected chi connectivity index (χ4v) is 2.98. The average molecular weight is 321 g/mol. The number of likely N-dealkylation sites (tertiary alicyclic amines) is 1. The number of urea groups is 1. The van der Waals surface area contributed by atoms with Gasteiger partial charge in [0.05, 0.1) is 6.10 Å². The number of unbranched alkanes of at least 4 members (excludes halogenated alkanes) is 1. The molecule has 6 nitrogen and oxygen atoms in total. The maximum atomic E-state index is 12.0. The molecule has 0 aliphatic carbocycles. The molecule has 2 atom stereocenters. The molecule has 128 valence electrons. The molecule has 0 radical (unpaired) electrons. The first-order chi connectivity index (χ1) is 11.0. The molecular weight excluding hydrogens is 294 g/mol. The monoisotopic (exact) mass is 321 g/mol. The molecule has 1 aromatic rings. The van der Waals surface area contributed by atoms with Gasteiger partial charge in [-0.3, -0.25) is 4.79 Å². The number of hydrogen-bond donors (Lipinski definition) is 2. The fourth-order valence-electron chi connectivity index (χ4n) is 2.98. The van der Waals surface area contributed by atoms with Crippen molar-refractivity contribution in [2.24, 2.45) is 5.92 Å². The van der Waals surface area contributed by atoms with Crippen molar-refractivity contribution in [1.29, 1.82) is 0 Å². The van der Waals surface area contributed by atoms with Crippen LogP contribution in [-0.4, -0.2) is 46.3 Å². The number of pyridine rings is 1. The normalized spacial score (nSPS) is 18.9. The molecule has 0 aromatic carbocycles. The topological polar surface area (TPSA) is 74.6 Å². The molecule has 23 heavy (non-hydrogen) atoms. The van der Waals surface area contributed by atoms with Gasteiger partial charge in [-0.1, -0.05) is 6.07 Å². The Labute approximate surface area is 137 Å². The number of carbonyl (C=O) groups is 1. The smallest absolute Gasteiger partial charge is 0.317 e. The van der Waals surface area contributed by atoms with Crippen LogP contribution in [0.25, 0.3) is 0 Å². The summed E-state index contributed by atoms with van der Waals surface area (Å²) < 4.78 is 1.76. The number of nitrogens with zero attached hydrogens (tertiary/aromatic N) is 2. The van der Waals surface area contributed by atoms with Crippen LogP contribution in [0.2, 0.25) is 0 Å². The van der Waals surface area contributed by atoms with Gasteiger partial charge in [-0.25, -0.2) is 4.79 Å². The lowest BCUT2D eigenvalue weighted by molar-refractivity contribution is 0.129. The van der Waals surface area contributed by atoms with Crippen LogP contribution in [0.4, 0.5) is 4.79 Å². The summed E-state index contributed by atoms with van der Waals surface area (Å²) in [4.78, 5) is 25.5. The zero-order valence-corrected chi connectivity index (χ0v) is 14.0. The van der Waals surface area contributed by atoms with Crippen molar-refractivity contribution >= 4 is 6.03 Å². The van der Waals surface area contributed by atoms with E-state index in [1.807, 2.05) is 13.0 Å². The van der Waals surface area contributed by atoms with Gasteiger partial charge in [0.25, 0.3) is 5.56 Å². The van der Waals surface area contributed by atoms with E-state index in [4.69, 9.17) is 0 Å². The first-order valence-corrected chi connectivity index (χ1v) is 8.36. The van der Waals surface area contributed by atoms with Gasteiger partial charge in [0.1, 0.15) is 0 Å². The summed E-state index contributed by atoms with van der Waals surface area (Å²) >= 11 is 0. The highest BCUT2D eigenvalue weighted by atomic mass is 16.3. The van der Waals surface area contributed by atoms with E-state index in [1.165, 1.54) is 0 Å². The van der Waals surface area contributed by atoms with Crippen LogP contribution in [-0.2, 0) is 6.54 Å². The second-order valence-electron chi connectivity index (χ2n) is 6.33. The molecule has 2 unspecified atom stereocenters. The molecule has 1 saturated heterocycles. The van der Waals surface area contributed by atoms with Crippen LogP contribution in [0.15, 0.2) is 23.0 Å². The number of nitrogens with one attached hydrogen (secondary N) is 1. The molecule has 2 N–H and O–H groups in total. The van der Waals surface area contributed by atoms with E-state index >= 15 is 0 Å². The Hall–Kier alpha value is -1.82. The zero-order chi connectivity index (χ0) is 16.8. The van der Waals surface area contributed by atoms with E-state index in [0.29, 0.717) is 26.2 Å². The van der Waals surface area contributed by atoms with Gasteiger partial charge in [-0.15, -0.1) is 0 Å². The number of carbonyl (C=O) groups excluding carboxylic acids is 1. The molecule has 0 bridgehead atoms. The zero-order valence-electron chi connectivity index (χ0n) is 14.0. The first-order valence-electron chi connectivity index (χ1n) is 8.36. The Balaban J connectivity index is 1.66. The van der Waals surface area contributed by atoms with Crippen LogP contribution in [0.3, 0.4) is 0 Å². The average Bonchev–Trinajstić information content (AvgIpc) is 2.99. The Morgan fingerprint density at radius 3 is 2.87 bits per heavy atom. The SMILES string of the molecule is Cc1cccc(=O)n1CCCCNC(=O)N1CCC(C(C)O)C1. The lowest BCUT2D eigenvalue weighted by Crippen LogP contribution is -2.39. The van der Waals surface area contributed by atoms with Crippen molar-refractivity contribution in [2.45, 2.75) is 45.8 Å². The first kappa shape index (κ1) is 17.5. The molecule has 1 aliphatic heterocycles. The number of aryl methyl sites for hydroxylation is 1. The molecule has 0 saturated carbocycles. The third-order valence-electron chi connectivity index (χ3n) is 4.55. The van der Waals surface area contributed by atoms with Gasteiger partial charge in [0.15, 0.2) is 0 Å². The molecule has 1 aromatic heterocycles. The number of amides is 2. The molecule has 2 amide bonds. The summed E-state index contributed by atoms with van der Waals surface area (Å²) in [7, 11) is 0. The summed E-state index contributed by atoms with van der Waals surface area (Å²) in [5.74, 6) is 0.189. The van der Waals surface area contributed by atoms with Crippen LogP contribution in [0.5, 0.6) is 0 Å². The highest BCUT2D eigenvalue weighted by Crippen LogP contribution is 2.19. The lowest BCUT2D eigenvalue weighted by Gasteiger charge is -2.18. The maximum absolute atomic E-state index is 12.0. The molecular formula is C17H27N3O3. The van der Waals surface area contributed by atoms with Crippen LogP contribution in [0, 0.1) is 12.8 Å². The largest absolute Gasteiger partial charge is 0.393 e. The lowest BCUT2D eigenvalue weighted by atomic mass is 10.0. The van der Waals surface area contributed by atoms with Crippen LogP contribution in [0.1, 0.15) is 31.9 Å². The van der Waals surface area contributed by atoms with Gasteiger partial charge in [0, 0.05) is 43.9 Å². The quantitative estimate of drug-likeness (QED) is 0.777. The van der Waals surface area contributed by atoms with Crippen molar-refractivity contribution in [2.75, 3.05) is 19.6 Å². The minimum absolute atomic E-state index is 0.0234. The Bertz CT molecular complexity index is 583. The van der Waals surface area contributed by atoms with E-state index in [9.17, 15) is 14.7 Å². The minimum Gasteiger partial charge on any atom is -0.393 e. The Morgan fingerprint density at radius 1 is 1.43 bits per heavy atom. The molecule has 2 heterocycles. The number of aliphatic hydroxyl groups is 1. The van der Waals surface area contributed by atoms with Crippen molar-refractivity contribution in [1.82, 2.24) is 14.8 Å². The highest BCUT2D eigenvalue weighted by molar-refractivity contribution is 5.74. The van der Waals surface area contributed by atoms with E-state index < -0.39 is 0 Å². The number of aliphatic hydroxyl groups excluding tert-OH is 1. The summed E-state index contributed by atoms with van der Waals surface area (Å²) in [6.45, 7) is 6.32. The van der Waals surface area contributed by atoms with Gasteiger partial charge in [-0.05, 0) is 39.2 Å². The van der Waals surface area contributed by atoms with Crippen LogP contribution >= 0.6 is 0 Å². The molecule has 1 fully saturated rings. The number of hydrogen-bond acceptors (Lipinski definition) is 3. The van der Waals surface area contributed by atoms with Gasteiger partial charge in [-0.2, -0.15) is 0 Å². The Kier molecular flexibility index (Phi) is 6.21. The number of aromatic nitrogens is 1. The summed E-state index contributed by atoms with van der Waals surface area (Å²) in [6, 6.07) is 5.21. The molecule has 2 rings (SSSR count). The molecule has 1 aliphatic rings. The summed E-state index contributed by atoms with van der Waals surface area (Å²) in [5, 5.41) is 12.5. The molecule has 0 spiro atoms. The van der Waals surface area contributed by atoms with Gasteiger partial charge in [0.2, 0.25) is 0 Å². The number of rotatable bonds is 6. The third kappa shape index (κ3) is 4.82. The van der Waals surface area contributed by atoms with Crippen molar-refractivity contribution < 1.29 is 9.90 Å². The standard InChI is InChI=1S/C17H27N3O3/c1-13-6-5-7-16(22)20(13)10-4-3-9-18-17(23)19-11-8-15(12-19)14(2)21/h5-7,14-15,21H,3-4,8-12H2,1-2H3,(H,18,23). The second kappa shape index (κ2) is 8.15. The van der Waals surface area contributed by atoms with Crippen LogP contribution < -0.4 is 10.9 Å². The van der Waals surface area contributed by atoms with E-state index in [-0.39, 0.29) is 23.6 Å². The highest BCUT2D eigenvalue weighted by Gasteiger charge is 2.28. The molecule has 6 heteroatoms. The summed E-state index contributed by atoms with van der Waals surface area (Å²) in [6.07, 6.45) is 2.18.